The maximum absolute atomic E-state index is 12.9. The number of nitrogens with two attached hydrogens (primary N) is 1. The van der Waals surface area contributed by atoms with Gasteiger partial charge in [0.25, 0.3) is 0 Å². The summed E-state index contributed by atoms with van der Waals surface area (Å²) in [5.41, 5.74) is 6.13. The zero-order chi connectivity index (χ0) is 11.4. The predicted octanol–water partition coefficient (Wildman–Crippen LogP) is 2.39. The van der Waals surface area contributed by atoms with Crippen LogP contribution in [0.4, 0.5) is 8.78 Å². The molecule has 4 heteroatoms. The summed E-state index contributed by atoms with van der Waals surface area (Å²) in [7, 11) is 0. The minimum absolute atomic E-state index is 0.0504. The quantitative estimate of drug-likeness (QED) is 0.837. The Balaban J connectivity index is 2.68. The monoisotopic (exact) mass is 215 g/mol. The highest BCUT2D eigenvalue weighted by Crippen LogP contribution is 2.15. The number of hydrogen-bond acceptors (Lipinski definition) is 2. The van der Waals surface area contributed by atoms with Crippen LogP contribution in [0.5, 0.6) is 0 Å². The Kier molecular flexibility index (Phi) is 4.17. The number of benzene rings is 1. The van der Waals surface area contributed by atoms with Crippen molar-refractivity contribution >= 4 is 0 Å². The molecule has 15 heavy (non-hydrogen) atoms. The first kappa shape index (κ1) is 12.1. The fraction of sp³-hybridized carbons (Fsp3) is 0.455. The van der Waals surface area contributed by atoms with E-state index in [9.17, 15) is 8.78 Å². The van der Waals surface area contributed by atoms with E-state index in [1.807, 2.05) is 13.8 Å². The minimum atomic E-state index is -0.620. The molecule has 0 saturated carbocycles. The molecule has 0 aliphatic heterocycles. The molecule has 0 heterocycles. The first-order valence-electron chi connectivity index (χ1n) is 4.82. The highest BCUT2D eigenvalue weighted by molar-refractivity contribution is 5.21. The molecule has 0 bridgehead atoms. The summed E-state index contributed by atoms with van der Waals surface area (Å²) in [5.74, 6) is -1.24. The Bertz CT molecular complexity index is 308. The fourth-order valence-corrected chi connectivity index (χ4v) is 1.18. The van der Waals surface area contributed by atoms with Crippen LogP contribution >= 0.6 is 0 Å². The second-order valence-electron chi connectivity index (χ2n) is 3.69. The molecule has 2 nitrogen and oxygen atoms in total. The third-order valence-electron chi connectivity index (χ3n) is 1.92. The van der Waals surface area contributed by atoms with E-state index in [1.54, 1.807) is 0 Å². The maximum Gasteiger partial charge on any atom is 0.126 e. The molecule has 0 aliphatic rings. The average Bonchev–Trinajstić information content (AvgIpc) is 2.12. The third kappa shape index (κ3) is 3.93. The van der Waals surface area contributed by atoms with Crippen LogP contribution in [-0.4, -0.2) is 12.7 Å². The second kappa shape index (κ2) is 5.19. The largest absolute Gasteiger partial charge is 0.377 e. The number of ether oxygens (including phenoxy) is 1. The van der Waals surface area contributed by atoms with Crippen LogP contribution in [0.25, 0.3) is 0 Å². The Morgan fingerprint density at radius 1 is 1.20 bits per heavy atom. The van der Waals surface area contributed by atoms with Crippen molar-refractivity contribution in [2.75, 3.05) is 6.61 Å². The summed E-state index contributed by atoms with van der Waals surface area (Å²) in [6.45, 7) is 4.00. The molecule has 0 aromatic heterocycles. The van der Waals surface area contributed by atoms with Gasteiger partial charge in [0.2, 0.25) is 0 Å². The van der Waals surface area contributed by atoms with E-state index in [0.717, 1.165) is 6.07 Å². The second-order valence-corrected chi connectivity index (χ2v) is 3.69. The van der Waals surface area contributed by atoms with Gasteiger partial charge >= 0.3 is 0 Å². The van der Waals surface area contributed by atoms with E-state index in [0.29, 0.717) is 5.56 Å². The van der Waals surface area contributed by atoms with Crippen molar-refractivity contribution in [2.45, 2.75) is 26.0 Å². The highest BCUT2D eigenvalue weighted by Gasteiger charge is 2.10. The van der Waals surface area contributed by atoms with Crippen LogP contribution in [-0.2, 0) is 4.74 Å². The van der Waals surface area contributed by atoms with Crippen LogP contribution in [0.1, 0.15) is 25.5 Å². The molecule has 1 unspecified atom stereocenters. The van der Waals surface area contributed by atoms with Crippen LogP contribution in [0.15, 0.2) is 18.2 Å². The average molecular weight is 215 g/mol. The van der Waals surface area contributed by atoms with Crippen LogP contribution in [0.2, 0.25) is 0 Å². The summed E-state index contributed by atoms with van der Waals surface area (Å²) >= 11 is 0. The van der Waals surface area contributed by atoms with Crippen LogP contribution < -0.4 is 5.73 Å². The summed E-state index contributed by atoms with van der Waals surface area (Å²) in [6, 6.07) is 2.76. The molecule has 1 atom stereocenters. The zero-order valence-corrected chi connectivity index (χ0v) is 8.84. The van der Waals surface area contributed by atoms with Gasteiger partial charge in [-0.3, -0.25) is 0 Å². The molecule has 0 spiro atoms. The lowest BCUT2D eigenvalue weighted by Crippen LogP contribution is -2.19. The normalized spacial score (nSPS) is 13.2. The molecule has 1 rings (SSSR count). The molecule has 1 aromatic rings. The van der Waals surface area contributed by atoms with Crippen molar-refractivity contribution in [3.05, 3.63) is 35.4 Å². The topological polar surface area (TPSA) is 35.2 Å². The first-order chi connectivity index (χ1) is 6.99. The number of rotatable bonds is 4. The minimum Gasteiger partial charge on any atom is -0.377 e. The summed E-state index contributed by atoms with van der Waals surface area (Å²) in [4.78, 5) is 0. The van der Waals surface area contributed by atoms with Crippen molar-refractivity contribution in [3.63, 3.8) is 0 Å². The predicted molar refractivity (Wildman–Crippen MR) is 54.4 cm³/mol. The number of halogens is 2. The molecule has 0 amide bonds. The van der Waals surface area contributed by atoms with Crippen molar-refractivity contribution in [3.8, 4) is 0 Å². The molecule has 84 valence electrons. The maximum atomic E-state index is 12.9. The molecule has 2 N–H and O–H groups in total. The Morgan fingerprint density at radius 3 is 2.20 bits per heavy atom. The number of hydrogen-bond donors (Lipinski definition) is 1. The van der Waals surface area contributed by atoms with E-state index in [2.05, 4.69) is 0 Å². The van der Waals surface area contributed by atoms with Crippen molar-refractivity contribution in [1.29, 1.82) is 0 Å². The standard InChI is InChI=1S/C11H15F2NO/c1-7(2)15-6-11(14)8-3-9(12)5-10(13)4-8/h3-5,7,11H,6,14H2,1-2H3. The van der Waals surface area contributed by atoms with Crippen molar-refractivity contribution < 1.29 is 13.5 Å². The van der Waals surface area contributed by atoms with Gasteiger partial charge in [-0.1, -0.05) is 0 Å². The van der Waals surface area contributed by atoms with E-state index < -0.39 is 17.7 Å². The van der Waals surface area contributed by atoms with E-state index in [-0.39, 0.29) is 12.7 Å². The molecule has 0 fully saturated rings. The Morgan fingerprint density at radius 2 is 1.73 bits per heavy atom. The van der Waals surface area contributed by atoms with Gasteiger partial charge in [-0.2, -0.15) is 0 Å². The van der Waals surface area contributed by atoms with Gasteiger partial charge in [0.1, 0.15) is 11.6 Å². The fourth-order valence-electron chi connectivity index (χ4n) is 1.18. The van der Waals surface area contributed by atoms with Gasteiger partial charge in [-0.25, -0.2) is 8.78 Å². The Labute approximate surface area is 88.0 Å². The molecule has 0 radical (unpaired) electrons. The molecule has 0 aliphatic carbocycles. The van der Waals surface area contributed by atoms with E-state index in [4.69, 9.17) is 10.5 Å². The van der Waals surface area contributed by atoms with Gasteiger partial charge in [0, 0.05) is 6.07 Å². The zero-order valence-electron chi connectivity index (χ0n) is 8.84. The molecular formula is C11H15F2NO. The third-order valence-corrected chi connectivity index (χ3v) is 1.92. The van der Waals surface area contributed by atoms with Crippen LogP contribution in [0, 0.1) is 11.6 Å². The lowest BCUT2D eigenvalue weighted by atomic mass is 10.1. The lowest BCUT2D eigenvalue weighted by molar-refractivity contribution is 0.0682. The van der Waals surface area contributed by atoms with E-state index >= 15 is 0 Å². The van der Waals surface area contributed by atoms with E-state index in [1.165, 1.54) is 12.1 Å². The molecular weight excluding hydrogens is 200 g/mol. The highest BCUT2D eigenvalue weighted by atomic mass is 19.1. The molecule has 1 aromatic carbocycles. The van der Waals surface area contributed by atoms with Gasteiger partial charge in [0.15, 0.2) is 0 Å². The SMILES string of the molecule is CC(C)OCC(N)c1cc(F)cc(F)c1. The first-order valence-corrected chi connectivity index (χ1v) is 4.82. The smallest absolute Gasteiger partial charge is 0.126 e. The van der Waals surface area contributed by atoms with Crippen molar-refractivity contribution in [2.24, 2.45) is 5.73 Å². The Hall–Kier alpha value is -1.00. The van der Waals surface area contributed by atoms with Gasteiger partial charge < -0.3 is 10.5 Å². The van der Waals surface area contributed by atoms with Gasteiger partial charge in [-0.05, 0) is 31.5 Å². The summed E-state index contributed by atoms with van der Waals surface area (Å²) in [5, 5.41) is 0. The van der Waals surface area contributed by atoms with Gasteiger partial charge in [0.05, 0.1) is 18.8 Å². The van der Waals surface area contributed by atoms with Gasteiger partial charge in [-0.15, -0.1) is 0 Å². The van der Waals surface area contributed by atoms with Crippen LogP contribution in [0.3, 0.4) is 0 Å². The van der Waals surface area contributed by atoms with Crippen molar-refractivity contribution in [1.82, 2.24) is 0 Å². The lowest BCUT2D eigenvalue weighted by Gasteiger charge is -2.14. The summed E-state index contributed by atoms with van der Waals surface area (Å²) in [6.07, 6.45) is 0.0504. The summed E-state index contributed by atoms with van der Waals surface area (Å²) < 4.78 is 31.0. The molecule has 0 saturated heterocycles.